The van der Waals surface area contributed by atoms with Crippen molar-refractivity contribution in [1.82, 2.24) is 0 Å². The number of fused-ring (bicyclic) bond motifs is 9. The molecule has 0 bridgehead atoms. The van der Waals surface area contributed by atoms with E-state index in [-0.39, 0.29) is 53.2 Å². The Morgan fingerprint density at radius 1 is 1.06 bits per heavy atom. The smallest absolute Gasteiger partial charge is 0.186 e. The molecule has 3 N–H and O–H groups in total. The predicted octanol–water partition coefficient (Wildman–Crippen LogP) is 2.50. The lowest BCUT2D eigenvalue weighted by Crippen LogP contribution is -2.68. The molecule has 0 unspecified atom stereocenters. The number of hydrogen-bond acceptors (Lipinski definition) is 7. The summed E-state index contributed by atoms with van der Waals surface area (Å²) in [5.41, 5.74) is -4.40. The first-order valence-corrected chi connectivity index (χ1v) is 13.6. The first kappa shape index (κ1) is 23.3. The lowest BCUT2D eigenvalue weighted by molar-refractivity contribution is -0.235. The molecule has 0 radical (unpaired) electrons. The van der Waals surface area contributed by atoms with E-state index < -0.39 is 34.1 Å². The molecule has 6 fully saturated rings. The first-order valence-electron chi connectivity index (χ1n) is 13.6. The third kappa shape index (κ3) is 2.39. The SMILES string of the molecule is C[C@H]([C@H]1C[C@]2(C)O[C@]2(C)[C@H](O)O1)[C@]1(O)CC[C@H]2[C@@H]3[C@@H]4O[C@@H]4[C@@]4(O)CC=CC(=O)[C@]4(C)[C@H]3CC[C@@]21C. The molecule has 0 spiro atoms. The van der Waals surface area contributed by atoms with Crippen molar-refractivity contribution in [3.63, 3.8) is 0 Å². The zero-order chi connectivity index (χ0) is 25.0. The van der Waals surface area contributed by atoms with Crippen LogP contribution in [0.2, 0.25) is 0 Å². The van der Waals surface area contributed by atoms with Gasteiger partial charge in [0.2, 0.25) is 0 Å². The highest BCUT2D eigenvalue weighted by atomic mass is 16.7. The van der Waals surface area contributed by atoms with Gasteiger partial charge in [-0.1, -0.05) is 19.9 Å². The van der Waals surface area contributed by atoms with Crippen LogP contribution in [0.15, 0.2) is 12.2 Å². The van der Waals surface area contributed by atoms with E-state index in [1.165, 1.54) is 0 Å². The van der Waals surface area contributed by atoms with E-state index in [0.717, 1.165) is 19.3 Å². The Kier molecular flexibility index (Phi) is 4.27. The van der Waals surface area contributed by atoms with Crippen LogP contribution in [0.4, 0.5) is 0 Å². The molecule has 3 saturated heterocycles. The van der Waals surface area contributed by atoms with Gasteiger partial charge in [0.25, 0.3) is 0 Å². The third-order valence-corrected chi connectivity index (χ3v) is 12.9. The van der Waals surface area contributed by atoms with Crippen LogP contribution in [-0.2, 0) is 19.0 Å². The molecule has 0 aromatic rings. The molecular weight excluding hydrogens is 448 g/mol. The summed E-state index contributed by atoms with van der Waals surface area (Å²) >= 11 is 0. The van der Waals surface area contributed by atoms with E-state index in [0.29, 0.717) is 19.3 Å². The summed E-state index contributed by atoms with van der Waals surface area (Å²) in [7, 11) is 0. The van der Waals surface area contributed by atoms with Gasteiger partial charge >= 0.3 is 0 Å². The Balaban J connectivity index is 1.21. The van der Waals surface area contributed by atoms with Gasteiger partial charge in [-0.05, 0) is 82.1 Å². The van der Waals surface area contributed by atoms with Crippen LogP contribution in [0.5, 0.6) is 0 Å². The van der Waals surface area contributed by atoms with Crippen LogP contribution in [0.25, 0.3) is 0 Å². The molecule has 4 aliphatic carbocycles. The molecular formula is C28H40O7. The molecule has 7 heteroatoms. The van der Waals surface area contributed by atoms with E-state index in [4.69, 9.17) is 14.2 Å². The fourth-order valence-electron chi connectivity index (χ4n) is 10.1. The van der Waals surface area contributed by atoms with E-state index in [1.807, 2.05) is 20.8 Å². The fraction of sp³-hybridized carbons (Fsp3) is 0.893. The van der Waals surface area contributed by atoms with Crippen molar-refractivity contribution in [2.24, 2.45) is 34.5 Å². The minimum atomic E-state index is -1.14. The lowest BCUT2D eigenvalue weighted by atomic mass is 9.43. The molecule has 14 atom stereocenters. The zero-order valence-corrected chi connectivity index (χ0v) is 21.5. The predicted molar refractivity (Wildman–Crippen MR) is 125 cm³/mol. The number of epoxide rings is 2. The maximum atomic E-state index is 13.3. The van der Waals surface area contributed by atoms with Crippen molar-refractivity contribution in [3.8, 4) is 0 Å². The van der Waals surface area contributed by atoms with Gasteiger partial charge in [-0.15, -0.1) is 0 Å². The number of ether oxygens (including phenoxy) is 3. The molecule has 7 aliphatic rings. The first-order chi connectivity index (χ1) is 16.3. The Morgan fingerprint density at radius 3 is 2.49 bits per heavy atom. The average molecular weight is 489 g/mol. The molecule has 0 aromatic heterocycles. The van der Waals surface area contributed by atoms with Crippen LogP contribution < -0.4 is 0 Å². The van der Waals surface area contributed by atoms with Gasteiger partial charge in [-0.25, -0.2) is 0 Å². The van der Waals surface area contributed by atoms with Gasteiger partial charge in [-0.2, -0.15) is 0 Å². The number of allylic oxidation sites excluding steroid dienone is 1. The van der Waals surface area contributed by atoms with Gasteiger partial charge in [-0.3, -0.25) is 4.79 Å². The van der Waals surface area contributed by atoms with Crippen molar-refractivity contribution in [3.05, 3.63) is 12.2 Å². The highest BCUT2D eigenvalue weighted by Gasteiger charge is 2.79. The fourth-order valence-corrected chi connectivity index (χ4v) is 10.1. The van der Waals surface area contributed by atoms with Gasteiger partial charge < -0.3 is 29.5 Å². The van der Waals surface area contributed by atoms with Crippen LogP contribution >= 0.6 is 0 Å². The molecule has 3 aliphatic heterocycles. The van der Waals surface area contributed by atoms with Crippen LogP contribution in [0.3, 0.4) is 0 Å². The summed E-state index contributed by atoms with van der Waals surface area (Å²) in [5.74, 6) is 0.226. The van der Waals surface area contributed by atoms with Crippen molar-refractivity contribution < 1.29 is 34.3 Å². The largest absolute Gasteiger partial charge is 0.389 e. The van der Waals surface area contributed by atoms with Gasteiger partial charge in [0, 0.05) is 12.3 Å². The monoisotopic (exact) mass is 488 g/mol. The molecule has 7 rings (SSSR count). The molecule has 0 aromatic carbocycles. The summed E-state index contributed by atoms with van der Waals surface area (Å²) in [6, 6.07) is 0. The highest BCUT2D eigenvalue weighted by Crippen LogP contribution is 2.73. The minimum Gasteiger partial charge on any atom is -0.389 e. The number of aliphatic hydroxyl groups excluding tert-OH is 1. The van der Waals surface area contributed by atoms with Gasteiger partial charge in [0.05, 0.1) is 23.2 Å². The normalized spacial score (nSPS) is 64.9. The van der Waals surface area contributed by atoms with E-state index in [9.17, 15) is 20.1 Å². The summed E-state index contributed by atoms with van der Waals surface area (Å²) in [4.78, 5) is 13.3. The number of carbonyl (C=O) groups is 1. The van der Waals surface area contributed by atoms with Crippen molar-refractivity contribution >= 4 is 5.78 Å². The second kappa shape index (κ2) is 6.41. The third-order valence-electron chi connectivity index (χ3n) is 12.9. The van der Waals surface area contributed by atoms with Crippen LogP contribution in [-0.4, -0.2) is 68.1 Å². The van der Waals surface area contributed by atoms with Gasteiger partial charge in [0.15, 0.2) is 12.1 Å². The van der Waals surface area contributed by atoms with E-state index >= 15 is 0 Å². The topological polar surface area (TPSA) is 112 Å². The summed E-state index contributed by atoms with van der Waals surface area (Å²) < 4.78 is 18.2. The highest BCUT2D eigenvalue weighted by molar-refractivity contribution is 5.97. The minimum absolute atomic E-state index is 0.0192. The quantitative estimate of drug-likeness (QED) is 0.512. The number of aliphatic hydroxyl groups is 3. The van der Waals surface area contributed by atoms with E-state index in [1.54, 1.807) is 12.2 Å². The molecule has 3 heterocycles. The zero-order valence-electron chi connectivity index (χ0n) is 21.5. The maximum Gasteiger partial charge on any atom is 0.186 e. The molecule has 194 valence electrons. The number of ketones is 1. The second-order valence-corrected chi connectivity index (χ2v) is 13.8. The Morgan fingerprint density at radius 2 is 1.77 bits per heavy atom. The van der Waals surface area contributed by atoms with Crippen LogP contribution in [0, 0.1) is 34.5 Å². The maximum absolute atomic E-state index is 13.3. The van der Waals surface area contributed by atoms with Gasteiger partial charge in [0.1, 0.15) is 22.9 Å². The number of rotatable bonds is 2. The average Bonchev–Trinajstić information content (AvgIpc) is 3.67. The molecule has 7 nitrogen and oxygen atoms in total. The summed E-state index contributed by atoms with van der Waals surface area (Å²) in [6.45, 7) is 10.2. The van der Waals surface area contributed by atoms with Crippen LogP contribution in [0.1, 0.15) is 73.1 Å². The standard InChI is InChI=1S/C28H40O7/c1-14(17-13-24(3)26(5,35-24)22(30)33-17)27(31)12-9-15-19-16(8-11-23(15,27)2)25(4)18(29)7-6-10-28(25,32)21-20(19)34-21/h6-7,14-17,19-22,30-32H,8-13H2,1-5H3/t14-,15+,16+,17-,19+,20+,21+,22-,23+,24+,25+,26-,27-,28+/m1/s1. The number of carbonyl (C=O) groups excluding carboxylic acids is 1. The number of hydrogen-bond donors (Lipinski definition) is 3. The summed E-state index contributed by atoms with van der Waals surface area (Å²) in [5, 5.41) is 34.8. The Bertz CT molecular complexity index is 1030. The van der Waals surface area contributed by atoms with Crippen molar-refractivity contribution in [2.75, 3.05) is 0 Å². The molecule has 0 amide bonds. The summed E-state index contributed by atoms with van der Waals surface area (Å²) in [6.07, 6.45) is 6.03. The van der Waals surface area contributed by atoms with Crippen molar-refractivity contribution in [2.45, 2.75) is 120 Å². The molecule has 35 heavy (non-hydrogen) atoms. The van der Waals surface area contributed by atoms with E-state index in [2.05, 4.69) is 13.8 Å². The Labute approximate surface area is 207 Å². The van der Waals surface area contributed by atoms with Crippen molar-refractivity contribution in [1.29, 1.82) is 0 Å². The Hall–Kier alpha value is -0.830. The molecule has 3 saturated carbocycles. The second-order valence-electron chi connectivity index (χ2n) is 13.8. The lowest BCUT2D eigenvalue weighted by Gasteiger charge is -2.61.